The molecule has 1 aliphatic rings. The van der Waals surface area contributed by atoms with Gasteiger partial charge in [0.1, 0.15) is 11.3 Å². The Labute approximate surface area is 204 Å². The predicted molar refractivity (Wildman–Crippen MR) is 122 cm³/mol. The lowest BCUT2D eigenvalue weighted by atomic mass is 9.77. The standard InChI is InChI=1S/C28H25F7O/c1-2-3-16-4-6-17(7-5-16)18-8-10-19(11-9-18)21-12-13-22(26(32)25(21)31)28(34,35)36-20-14-23(29)27(33)24(30)15-20/h8-17H,2-7H2,1H3. The van der Waals surface area contributed by atoms with E-state index in [1.165, 1.54) is 12.8 Å². The summed E-state index contributed by atoms with van der Waals surface area (Å²) >= 11 is 0. The molecule has 0 unspecified atom stereocenters. The first kappa shape index (κ1) is 26.0. The van der Waals surface area contributed by atoms with Crippen LogP contribution in [0.3, 0.4) is 0 Å². The van der Waals surface area contributed by atoms with Crippen LogP contribution in [0.2, 0.25) is 0 Å². The van der Waals surface area contributed by atoms with E-state index in [2.05, 4.69) is 11.7 Å². The highest BCUT2D eigenvalue weighted by molar-refractivity contribution is 5.65. The highest BCUT2D eigenvalue weighted by Crippen LogP contribution is 2.40. The molecule has 0 N–H and O–H groups in total. The molecular formula is C28H25F7O. The minimum atomic E-state index is -4.49. The first-order valence-corrected chi connectivity index (χ1v) is 11.9. The molecule has 3 aromatic carbocycles. The molecule has 0 saturated heterocycles. The molecule has 1 fully saturated rings. The smallest absolute Gasteiger partial charge is 0.429 e. The Morgan fingerprint density at radius 1 is 0.778 bits per heavy atom. The molecule has 4 rings (SSSR count). The van der Waals surface area contributed by atoms with Gasteiger partial charge in [0.15, 0.2) is 29.1 Å². The minimum Gasteiger partial charge on any atom is -0.429 e. The van der Waals surface area contributed by atoms with E-state index in [9.17, 15) is 30.7 Å². The molecule has 0 bridgehead atoms. The number of rotatable bonds is 7. The van der Waals surface area contributed by atoms with Gasteiger partial charge >= 0.3 is 6.11 Å². The van der Waals surface area contributed by atoms with Gasteiger partial charge in [-0.25, -0.2) is 22.0 Å². The molecule has 192 valence electrons. The van der Waals surface area contributed by atoms with Gasteiger partial charge in [0.25, 0.3) is 0 Å². The van der Waals surface area contributed by atoms with Crippen LogP contribution in [0.5, 0.6) is 5.75 Å². The van der Waals surface area contributed by atoms with Crippen molar-refractivity contribution in [1.82, 2.24) is 0 Å². The summed E-state index contributed by atoms with van der Waals surface area (Å²) in [6.07, 6.45) is 2.38. The fourth-order valence-corrected chi connectivity index (χ4v) is 4.92. The Bertz CT molecular complexity index is 1190. The zero-order chi connectivity index (χ0) is 26.0. The average Bonchev–Trinajstić information content (AvgIpc) is 2.84. The van der Waals surface area contributed by atoms with Crippen LogP contribution < -0.4 is 4.74 Å². The van der Waals surface area contributed by atoms with Crippen molar-refractivity contribution in [3.63, 3.8) is 0 Å². The van der Waals surface area contributed by atoms with E-state index in [0.29, 0.717) is 17.5 Å². The third-order valence-electron chi connectivity index (χ3n) is 6.84. The summed E-state index contributed by atoms with van der Waals surface area (Å²) in [6, 6.07) is 8.96. The molecule has 0 heterocycles. The van der Waals surface area contributed by atoms with E-state index in [1.54, 1.807) is 12.1 Å². The first-order chi connectivity index (χ1) is 17.1. The third-order valence-corrected chi connectivity index (χ3v) is 6.84. The van der Waals surface area contributed by atoms with Crippen LogP contribution in [-0.2, 0) is 6.11 Å². The van der Waals surface area contributed by atoms with Crippen LogP contribution in [0.15, 0.2) is 48.5 Å². The second-order valence-corrected chi connectivity index (χ2v) is 9.24. The van der Waals surface area contributed by atoms with E-state index >= 15 is 0 Å². The number of ether oxygens (including phenoxy) is 1. The molecule has 1 aliphatic carbocycles. The Balaban J connectivity index is 1.53. The van der Waals surface area contributed by atoms with Crippen molar-refractivity contribution in [2.24, 2.45) is 5.92 Å². The van der Waals surface area contributed by atoms with Gasteiger partial charge in [-0.2, -0.15) is 8.78 Å². The molecule has 36 heavy (non-hydrogen) atoms. The maximum atomic E-state index is 14.8. The number of benzene rings is 3. The maximum Gasteiger partial charge on any atom is 0.429 e. The predicted octanol–water partition coefficient (Wildman–Crippen LogP) is 9.25. The lowest BCUT2D eigenvalue weighted by Crippen LogP contribution is -2.24. The van der Waals surface area contributed by atoms with Crippen LogP contribution in [-0.4, -0.2) is 0 Å². The summed E-state index contributed by atoms with van der Waals surface area (Å²) in [4.78, 5) is 0. The van der Waals surface area contributed by atoms with Crippen molar-refractivity contribution in [3.8, 4) is 16.9 Å². The Kier molecular flexibility index (Phi) is 7.62. The van der Waals surface area contributed by atoms with E-state index in [0.717, 1.165) is 43.2 Å². The van der Waals surface area contributed by atoms with Crippen LogP contribution in [0.25, 0.3) is 11.1 Å². The summed E-state index contributed by atoms with van der Waals surface area (Å²) in [7, 11) is 0. The van der Waals surface area contributed by atoms with Crippen LogP contribution in [0, 0.1) is 35.0 Å². The highest BCUT2D eigenvalue weighted by Gasteiger charge is 2.40. The molecule has 0 aromatic heterocycles. The normalized spacial score (nSPS) is 18.3. The van der Waals surface area contributed by atoms with Gasteiger partial charge in [0, 0.05) is 17.7 Å². The van der Waals surface area contributed by atoms with Crippen molar-refractivity contribution in [2.45, 2.75) is 57.5 Å². The first-order valence-electron chi connectivity index (χ1n) is 11.9. The third kappa shape index (κ3) is 5.37. The second-order valence-electron chi connectivity index (χ2n) is 9.24. The van der Waals surface area contributed by atoms with Crippen LogP contribution in [0.1, 0.15) is 62.5 Å². The largest absolute Gasteiger partial charge is 0.429 e. The topological polar surface area (TPSA) is 9.23 Å². The Hall–Kier alpha value is -3.03. The molecule has 0 aliphatic heterocycles. The Morgan fingerprint density at radius 2 is 1.39 bits per heavy atom. The quantitative estimate of drug-likeness (QED) is 0.227. The SMILES string of the molecule is CCCC1CCC(c2ccc(-c3ccc(C(F)(F)Oc4cc(F)c(F)c(F)c4)c(F)c3F)cc2)CC1. The van der Waals surface area contributed by atoms with E-state index < -0.39 is 46.5 Å². The van der Waals surface area contributed by atoms with Crippen molar-refractivity contribution in [2.75, 3.05) is 0 Å². The fraction of sp³-hybridized carbons (Fsp3) is 0.357. The van der Waals surface area contributed by atoms with Gasteiger partial charge < -0.3 is 4.74 Å². The maximum absolute atomic E-state index is 14.8. The molecule has 0 radical (unpaired) electrons. The lowest BCUT2D eigenvalue weighted by molar-refractivity contribution is -0.187. The van der Waals surface area contributed by atoms with Gasteiger partial charge in [-0.15, -0.1) is 0 Å². The monoisotopic (exact) mass is 510 g/mol. The molecular weight excluding hydrogens is 485 g/mol. The number of hydrogen-bond donors (Lipinski definition) is 0. The van der Waals surface area contributed by atoms with Crippen LogP contribution >= 0.6 is 0 Å². The van der Waals surface area contributed by atoms with Crippen LogP contribution in [0.4, 0.5) is 30.7 Å². The van der Waals surface area contributed by atoms with Gasteiger partial charge in [-0.05, 0) is 54.7 Å². The molecule has 3 aromatic rings. The zero-order valence-corrected chi connectivity index (χ0v) is 19.6. The van der Waals surface area contributed by atoms with E-state index in [1.807, 2.05) is 12.1 Å². The summed E-state index contributed by atoms with van der Waals surface area (Å²) < 4.78 is 103. The minimum absolute atomic E-state index is 0.187. The summed E-state index contributed by atoms with van der Waals surface area (Å²) in [5.74, 6) is -8.71. The number of halogens is 7. The zero-order valence-electron chi connectivity index (χ0n) is 19.6. The molecule has 1 nitrogen and oxygen atoms in total. The van der Waals surface area contributed by atoms with Gasteiger partial charge in [-0.3, -0.25) is 0 Å². The Morgan fingerprint density at radius 3 is 1.97 bits per heavy atom. The van der Waals surface area contributed by atoms with Crippen molar-refractivity contribution >= 4 is 0 Å². The molecule has 1 saturated carbocycles. The van der Waals surface area contributed by atoms with Gasteiger partial charge in [0.05, 0.1) is 0 Å². The van der Waals surface area contributed by atoms with E-state index in [4.69, 9.17) is 0 Å². The van der Waals surface area contributed by atoms with Gasteiger partial charge in [-0.1, -0.05) is 50.1 Å². The summed E-state index contributed by atoms with van der Waals surface area (Å²) in [6.45, 7) is 2.18. The van der Waals surface area contributed by atoms with Crippen molar-refractivity contribution in [1.29, 1.82) is 0 Å². The second kappa shape index (κ2) is 10.5. The van der Waals surface area contributed by atoms with E-state index in [-0.39, 0.29) is 17.7 Å². The summed E-state index contributed by atoms with van der Waals surface area (Å²) in [5.41, 5.74) is -0.267. The summed E-state index contributed by atoms with van der Waals surface area (Å²) in [5, 5.41) is 0. The van der Waals surface area contributed by atoms with Crippen molar-refractivity contribution < 1.29 is 35.5 Å². The number of alkyl halides is 2. The lowest BCUT2D eigenvalue weighted by Gasteiger charge is -2.28. The number of hydrogen-bond acceptors (Lipinski definition) is 1. The van der Waals surface area contributed by atoms with Crippen molar-refractivity contribution in [3.05, 3.63) is 88.7 Å². The molecule has 0 spiro atoms. The fourth-order valence-electron chi connectivity index (χ4n) is 4.92. The highest BCUT2D eigenvalue weighted by atomic mass is 19.3. The van der Waals surface area contributed by atoms with Gasteiger partial charge in [0.2, 0.25) is 0 Å². The average molecular weight is 510 g/mol. The molecule has 0 atom stereocenters. The molecule has 8 heteroatoms. The molecule has 0 amide bonds.